The van der Waals surface area contributed by atoms with E-state index in [4.69, 9.17) is 4.74 Å². The summed E-state index contributed by atoms with van der Waals surface area (Å²) in [6, 6.07) is 4.07. The van der Waals surface area contributed by atoms with Crippen molar-refractivity contribution in [3.8, 4) is 0 Å². The largest absolute Gasteiger partial charge is 0.381 e. The highest BCUT2D eigenvalue weighted by Gasteiger charge is 2.30. The molecule has 128 valence electrons. The van der Waals surface area contributed by atoms with Crippen molar-refractivity contribution in [3.05, 3.63) is 29.7 Å². The Balaban J connectivity index is 1.44. The van der Waals surface area contributed by atoms with E-state index >= 15 is 0 Å². The van der Waals surface area contributed by atoms with Gasteiger partial charge in [0.25, 0.3) is 0 Å². The van der Waals surface area contributed by atoms with Crippen LogP contribution in [-0.4, -0.2) is 51.7 Å². The van der Waals surface area contributed by atoms with Crippen molar-refractivity contribution in [3.63, 3.8) is 0 Å². The molecule has 2 aliphatic heterocycles. The number of carbonyl (C=O) groups is 1. The summed E-state index contributed by atoms with van der Waals surface area (Å²) in [5, 5.41) is 4.57. The molecule has 1 amide bonds. The maximum Gasteiger partial charge on any atom is 0.228 e. The van der Waals surface area contributed by atoms with Crippen LogP contribution in [0.3, 0.4) is 0 Å². The van der Waals surface area contributed by atoms with E-state index in [1.807, 2.05) is 28.6 Å². The van der Waals surface area contributed by atoms with Crippen LogP contribution in [0, 0.1) is 12.8 Å². The quantitative estimate of drug-likeness (QED) is 0.848. The number of amides is 1. The highest BCUT2D eigenvalue weighted by Crippen LogP contribution is 2.29. The highest BCUT2D eigenvalue weighted by molar-refractivity contribution is 5.79. The summed E-state index contributed by atoms with van der Waals surface area (Å²) in [5.74, 6) is 0.779. The van der Waals surface area contributed by atoms with Crippen LogP contribution in [0.2, 0.25) is 0 Å². The van der Waals surface area contributed by atoms with Crippen molar-refractivity contribution in [2.45, 2.75) is 38.5 Å². The standard InChI is InChI=1S/C18H24N4O2/c1-13-11-17-19-7-4-16(22(17)20-13)14-5-8-21(9-6-14)18(23)15-3-2-10-24-12-15/h4,7,11,14-15H,2-3,5-6,8-10,12H2,1H3/t15-/m0/s1. The first-order valence-corrected chi connectivity index (χ1v) is 8.90. The number of likely N-dealkylation sites (tertiary alicyclic amines) is 1. The average Bonchev–Trinajstić information content (AvgIpc) is 3.02. The van der Waals surface area contributed by atoms with Gasteiger partial charge in [-0.3, -0.25) is 4.79 Å². The monoisotopic (exact) mass is 328 g/mol. The second kappa shape index (κ2) is 6.51. The Bertz CT molecular complexity index is 728. The van der Waals surface area contributed by atoms with Gasteiger partial charge in [-0.05, 0) is 38.7 Å². The molecule has 2 aromatic rings. The van der Waals surface area contributed by atoms with Crippen LogP contribution >= 0.6 is 0 Å². The summed E-state index contributed by atoms with van der Waals surface area (Å²) in [6.45, 7) is 5.03. The molecule has 0 bridgehead atoms. The van der Waals surface area contributed by atoms with Gasteiger partial charge < -0.3 is 9.64 Å². The van der Waals surface area contributed by atoms with Crippen LogP contribution < -0.4 is 0 Å². The fourth-order valence-corrected chi connectivity index (χ4v) is 3.93. The van der Waals surface area contributed by atoms with E-state index in [0.29, 0.717) is 12.5 Å². The van der Waals surface area contributed by atoms with Crippen LogP contribution in [0.5, 0.6) is 0 Å². The van der Waals surface area contributed by atoms with Crippen LogP contribution in [0.15, 0.2) is 18.3 Å². The first kappa shape index (κ1) is 15.6. The topological polar surface area (TPSA) is 59.7 Å². The van der Waals surface area contributed by atoms with Gasteiger partial charge >= 0.3 is 0 Å². The molecule has 0 N–H and O–H groups in total. The zero-order valence-corrected chi connectivity index (χ0v) is 14.1. The smallest absolute Gasteiger partial charge is 0.228 e. The van der Waals surface area contributed by atoms with Gasteiger partial charge in [0.15, 0.2) is 5.65 Å². The molecule has 0 aromatic carbocycles. The van der Waals surface area contributed by atoms with Gasteiger partial charge in [-0.25, -0.2) is 9.50 Å². The summed E-state index contributed by atoms with van der Waals surface area (Å²) in [7, 11) is 0. The Morgan fingerprint density at radius 3 is 2.88 bits per heavy atom. The highest BCUT2D eigenvalue weighted by atomic mass is 16.5. The maximum absolute atomic E-state index is 12.6. The number of aromatic nitrogens is 3. The third-order valence-corrected chi connectivity index (χ3v) is 5.24. The zero-order valence-electron chi connectivity index (χ0n) is 14.1. The Morgan fingerprint density at radius 2 is 2.12 bits per heavy atom. The predicted molar refractivity (Wildman–Crippen MR) is 89.8 cm³/mol. The Kier molecular flexibility index (Phi) is 4.22. The number of hydrogen-bond acceptors (Lipinski definition) is 4. The summed E-state index contributed by atoms with van der Waals surface area (Å²) in [4.78, 5) is 19.0. The molecule has 4 heterocycles. The third kappa shape index (κ3) is 2.90. The lowest BCUT2D eigenvalue weighted by molar-refractivity contribution is -0.140. The van der Waals surface area contributed by atoms with E-state index in [1.165, 1.54) is 5.69 Å². The fourth-order valence-electron chi connectivity index (χ4n) is 3.93. The van der Waals surface area contributed by atoms with E-state index in [2.05, 4.69) is 16.1 Å². The summed E-state index contributed by atoms with van der Waals surface area (Å²) in [5.41, 5.74) is 3.10. The molecule has 2 fully saturated rings. The van der Waals surface area contributed by atoms with E-state index in [0.717, 1.165) is 56.7 Å². The maximum atomic E-state index is 12.6. The Labute approximate surface area is 141 Å². The van der Waals surface area contributed by atoms with E-state index in [9.17, 15) is 4.79 Å². The van der Waals surface area contributed by atoms with Gasteiger partial charge in [-0.2, -0.15) is 5.10 Å². The van der Waals surface area contributed by atoms with Gasteiger partial charge in [0.1, 0.15) is 0 Å². The number of fused-ring (bicyclic) bond motifs is 1. The number of rotatable bonds is 2. The minimum absolute atomic E-state index is 0.0664. The van der Waals surface area contributed by atoms with Crippen LogP contribution in [-0.2, 0) is 9.53 Å². The van der Waals surface area contributed by atoms with E-state index in [-0.39, 0.29) is 11.8 Å². The molecule has 0 spiro atoms. The minimum Gasteiger partial charge on any atom is -0.381 e. The lowest BCUT2D eigenvalue weighted by Gasteiger charge is -2.35. The molecule has 6 heteroatoms. The molecule has 2 aromatic heterocycles. The molecule has 0 aliphatic carbocycles. The van der Waals surface area contributed by atoms with Crippen molar-refractivity contribution in [1.82, 2.24) is 19.5 Å². The molecule has 24 heavy (non-hydrogen) atoms. The number of aryl methyl sites for hydroxylation is 1. The summed E-state index contributed by atoms with van der Waals surface area (Å²) < 4.78 is 7.43. The van der Waals surface area contributed by atoms with Crippen LogP contribution in [0.4, 0.5) is 0 Å². The lowest BCUT2D eigenvalue weighted by atomic mass is 9.91. The molecule has 0 radical (unpaired) electrons. The van der Waals surface area contributed by atoms with Gasteiger partial charge in [0.2, 0.25) is 5.91 Å². The minimum atomic E-state index is 0.0664. The zero-order chi connectivity index (χ0) is 16.5. The molecule has 6 nitrogen and oxygen atoms in total. The molecule has 2 saturated heterocycles. The first-order valence-electron chi connectivity index (χ1n) is 8.90. The van der Waals surface area contributed by atoms with Gasteiger partial charge in [-0.15, -0.1) is 0 Å². The first-order chi connectivity index (χ1) is 11.7. The van der Waals surface area contributed by atoms with Gasteiger partial charge in [0.05, 0.1) is 18.2 Å². The molecule has 0 unspecified atom stereocenters. The molecular formula is C18H24N4O2. The van der Waals surface area contributed by atoms with Crippen molar-refractivity contribution >= 4 is 11.6 Å². The molecular weight excluding hydrogens is 304 g/mol. The summed E-state index contributed by atoms with van der Waals surface area (Å²) in [6.07, 6.45) is 5.80. The second-order valence-corrected chi connectivity index (χ2v) is 6.94. The van der Waals surface area contributed by atoms with E-state index < -0.39 is 0 Å². The Morgan fingerprint density at radius 1 is 1.29 bits per heavy atom. The molecule has 4 rings (SSSR count). The van der Waals surface area contributed by atoms with Gasteiger partial charge in [-0.1, -0.05) is 0 Å². The van der Waals surface area contributed by atoms with Crippen molar-refractivity contribution in [1.29, 1.82) is 0 Å². The number of ether oxygens (including phenoxy) is 1. The SMILES string of the molecule is Cc1cc2nccc(C3CCN(C(=O)[C@H]4CCCOC4)CC3)n2n1. The number of nitrogens with zero attached hydrogens (tertiary/aromatic N) is 4. The number of piperidine rings is 1. The fraction of sp³-hybridized carbons (Fsp3) is 0.611. The lowest BCUT2D eigenvalue weighted by Crippen LogP contribution is -2.43. The van der Waals surface area contributed by atoms with Crippen LogP contribution in [0.25, 0.3) is 5.65 Å². The average molecular weight is 328 g/mol. The number of carbonyl (C=O) groups excluding carboxylic acids is 1. The molecule has 2 aliphatic rings. The molecule has 1 atom stereocenters. The molecule has 0 saturated carbocycles. The van der Waals surface area contributed by atoms with Crippen molar-refractivity contribution in [2.24, 2.45) is 5.92 Å². The second-order valence-electron chi connectivity index (χ2n) is 6.94. The number of hydrogen-bond donors (Lipinski definition) is 0. The predicted octanol–water partition coefficient (Wildman–Crippen LogP) is 2.17. The van der Waals surface area contributed by atoms with E-state index in [1.54, 1.807) is 0 Å². The van der Waals surface area contributed by atoms with Crippen LogP contribution in [0.1, 0.15) is 43.0 Å². The summed E-state index contributed by atoms with van der Waals surface area (Å²) >= 11 is 0. The third-order valence-electron chi connectivity index (χ3n) is 5.24. The van der Waals surface area contributed by atoms with Crippen molar-refractivity contribution in [2.75, 3.05) is 26.3 Å². The normalized spacial score (nSPS) is 22.9. The van der Waals surface area contributed by atoms with Gasteiger partial charge in [0, 0.05) is 43.6 Å². The Hall–Kier alpha value is -1.95. The van der Waals surface area contributed by atoms with Crippen molar-refractivity contribution < 1.29 is 9.53 Å².